The number of methoxy groups -OCH3 is 1. The molecule has 1 N–H and O–H groups in total. The highest BCUT2D eigenvalue weighted by atomic mass is 16.5. The normalized spacial score (nSPS) is 15.0. The van der Waals surface area contributed by atoms with E-state index in [1.54, 1.807) is 7.11 Å². The van der Waals surface area contributed by atoms with Crippen molar-refractivity contribution in [1.82, 2.24) is 20.4 Å². The highest BCUT2D eigenvalue weighted by molar-refractivity contribution is 5.64. The van der Waals surface area contributed by atoms with E-state index < -0.39 is 0 Å². The molecule has 0 radical (unpaired) electrons. The number of hydrogen-bond donors (Lipinski definition) is 1. The van der Waals surface area contributed by atoms with Crippen LogP contribution >= 0.6 is 0 Å². The summed E-state index contributed by atoms with van der Waals surface area (Å²) in [7, 11) is 1.64. The summed E-state index contributed by atoms with van der Waals surface area (Å²) >= 11 is 0. The van der Waals surface area contributed by atoms with Gasteiger partial charge in [-0.1, -0.05) is 35.5 Å². The molecule has 4 rings (SSSR count). The van der Waals surface area contributed by atoms with Gasteiger partial charge in [-0.15, -0.1) is 0 Å². The van der Waals surface area contributed by atoms with Crippen LogP contribution in [0, 0.1) is 6.92 Å². The number of benzene rings is 1. The van der Waals surface area contributed by atoms with Crippen LogP contribution in [0.25, 0.3) is 11.4 Å². The Hall–Kier alpha value is -2.57. The van der Waals surface area contributed by atoms with Crippen molar-refractivity contribution < 1.29 is 9.26 Å². The fourth-order valence-corrected chi connectivity index (χ4v) is 3.32. The molecule has 1 aromatic carbocycles. The van der Waals surface area contributed by atoms with Crippen LogP contribution < -0.4 is 5.32 Å². The molecule has 0 aliphatic carbocycles. The zero-order valence-corrected chi connectivity index (χ0v) is 14.3. The van der Waals surface area contributed by atoms with Crippen LogP contribution in [0.2, 0.25) is 0 Å². The molecule has 1 aliphatic rings. The average Bonchev–Trinajstić information content (AvgIpc) is 3.12. The minimum Gasteiger partial charge on any atom is -0.367 e. The topological polar surface area (TPSA) is 73.1 Å². The number of pyridine rings is 1. The number of fused-ring (bicyclic) bond motifs is 1. The number of rotatable bonds is 4. The summed E-state index contributed by atoms with van der Waals surface area (Å²) in [6, 6.07) is 9.87. The molecule has 25 heavy (non-hydrogen) atoms. The summed E-state index contributed by atoms with van der Waals surface area (Å²) in [5.74, 6) is 1.03. The lowest BCUT2D eigenvalue weighted by atomic mass is 9.95. The summed E-state index contributed by atoms with van der Waals surface area (Å²) in [4.78, 5) is 9.14. The van der Waals surface area contributed by atoms with Crippen molar-refractivity contribution in [2.45, 2.75) is 26.0 Å². The van der Waals surface area contributed by atoms with Crippen molar-refractivity contribution in [2.75, 3.05) is 13.7 Å². The van der Waals surface area contributed by atoms with Gasteiger partial charge in [0.1, 0.15) is 0 Å². The Labute approximate surface area is 146 Å². The number of nitrogens with one attached hydrogen (secondary N) is 1. The highest BCUT2D eigenvalue weighted by Gasteiger charge is 2.24. The molecule has 6 nitrogen and oxygen atoms in total. The minimum atomic E-state index is -0.378. The van der Waals surface area contributed by atoms with Gasteiger partial charge in [0, 0.05) is 31.1 Å². The minimum absolute atomic E-state index is 0.378. The molecule has 0 saturated carbocycles. The van der Waals surface area contributed by atoms with E-state index in [2.05, 4.69) is 20.4 Å². The Morgan fingerprint density at radius 3 is 2.88 bits per heavy atom. The van der Waals surface area contributed by atoms with Gasteiger partial charge < -0.3 is 14.6 Å². The monoisotopic (exact) mass is 336 g/mol. The molecule has 128 valence electrons. The molecule has 3 heterocycles. The van der Waals surface area contributed by atoms with Crippen LogP contribution in [0.4, 0.5) is 0 Å². The molecule has 6 heteroatoms. The van der Waals surface area contributed by atoms with E-state index in [1.807, 2.05) is 43.5 Å². The van der Waals surface area contributed by atoms with Gasteiger partial charge in [0.25, 0.3) is 5.89 Å². The lowest BCUT2D eigenvalue weighted by Crippen LogP contribution is -2.24. The average molecular weight is 336 g/mol. The predicted molar refractivity (Wildman–Crippen MR) is 93.0 cm³/mol. The van der Waals surface area contributed by atoms with Gasteiger partial charge in [-0.25, -0.2) is 0 Å². The quantitative estimate of drug-likeness (QED) is 0.790. The third-order valence-corrected chi connectivity index (χ3v) is 4.56. The largest absolute Gasteiger partial charge is 0.367 e. The molecule has 1 aliphatic heterocycles. The van der Waals surface area contributed by atoms with Crippen LogP contribution in [-0.2, 0) is 17.7 Å². The predicted octanol–water partition coefficient (Wildman–Crippen LogP) is 2.82. The van der Waals surface area contributed by atoms with Crippen LogP contribution in [0.15, 0.2) is 41.1 Å². The fourth-order valence-electron chi connectivity index (χ4n) is 3.32. The Morgan fingerprint density at radius 1 is 1.24 bits per heavy atom. The van der Waals surface area contributed by atoms with Crippen LogP contribution in [0.3, 0.4) is 0 Å². The van der Waals surface area contributed by atoms with E-state index >= 15 is 0 Å². The Kier molecular flexibility index (Phi) is 4.29. The van der Waals surface area contributed by atoms with Gasteiger partial charge in [-0.3, -0.25) is 4.98 Å². The molecule has 0 spiro atoms. The van der Waals surface area contributed by atoms with E-state index in [-0.39, 0.29) is 6.10 Å². The number of ether oxygens (including phenoxy) is 1. The van der Waals surface area contributed by atoms with E-state index in [0.717, 1.165) is 36.3 Å². The molecule has 0 bridgehead atoms. The van der Waals surface area contributed by atoms with E-state index in [4.69, 9.17) is 9.26 Å². The molecule has 3 aromatic rings. The third-order valence-electron chi connectivity index (χ3n) is 4.56. The van der Waals surface area contributed by atoms with Crippen molar-refractivity contribution in [3.63, 3.8) is 0 Å². The van der Waals surface area contributed by atoms with E-state index in [9.17, 15) is 0 Å². The summed E-state index contributed by atoms with van der Waals surface area (Å²) in [6.45, 7) is 3.75. The first-order chi connectivity index (χ1) is 12.3. The van der Waals surface area contributed by atoms with E-state index in [0.29, 0.717) is 11.7 Å². The zero-order valence-electron chi connectivity index (χ0n) is 14.3. The first kappa shape index (κ1) is 15.9. The lowest BCUT2D eigenvalue weighted by molar-refractivity contribution is 0.105. The van der Waals surface area contributed by atoms with Crippen molar-refractivity contribution in [3.8, 4) is 11.4 Å². The van der Waals surface area contributed by atoms with Crippen LogP contribution in [0.5, 0.6) is 0 Å². The van der Waals surface area contributed by atoms with Crippen LogP contribution in [-0.4, -0.2) is 28.8 Å². The van der Waals surface area contributed by atoms with Gasteiger partial charge in [-0.05, 0) is 36.6 Å². The van der Waals surface area contributed by atoms with Crippen molar-refractivity contribution in [3.05, 3.63) is 64.8 Å². The second kappa shape index (κ2) is 6.74. The van der Waals surface area contributed by atoms with Gasteiger partial charge >= 0.3 is 0 Å². The van der Waals surface area contributed by atoms with Gasteiger partial charge in [-0.2, -0.15) is 4.98 Å². The number of hydrogen-bond acceptors (Lipinski definition) is 6. The Balaban J connectivity index is 1.75. The smallest absolute Gasteiger partial charge is 0.260 e. The van der Waals surface area contributed by atoms with Crippen molar-refractivity contribution >= 4 is 0 Å². The van der Waals surface area contributed by atoms with Gasteiger partial charge in [0.05, 0.1) is 0 Å². The summed E-state index contributed by atoms with van der Waals surface area (Å²) in [6.07, 6.45) is 2.49. The maximum atomic E-state index is 5.59. The molecule has 0 unspecified atom stereocenters. The molecular formula is C19H20N4O2. The number of aryl methyl sites for hydroxylation is 1. The summed E-state index contributed by atoms with van der Waals surface area (Å²) < 4.78 is 11.1. The standard InChI is InChI=1S/C19H20N4O2/c1-12-16(15-8-9-20-10-14(15)11-21-12)18-22-19(25-23-18)17(24-2)13-6-4-3-5-7-13/h3-7,11,17,20H,8-10H2,1-2H3/t17-/m0/s1. The second-order valence-corrected chi connectivity index (χ2v) is 6.13. The Morgan fingerprint density at radius 2 is 2.08 bits per heavy atom. The first-order valence-corrected chi connectivity index (χ1v) is 8.37. The third kappa shape index (κ3) is 2.94. The Bertz CT molecular complexity index is 876. The molecule has 0 amide bonds. The van der Waals surface area contributed by atoms with Gasteiger partial charge in [0.2, 0.25) is 5.82 Å². The second-order valence-electron chi connectivity index (χ2n) is 6.13. The van der Waals surface area contributed by atoms with Crippen LogP contribution in [0.1, 0.15) is 34.4 Å². The molecule has 0 fully saturated rings. The highest BCUT2D eigenvalue weighted by Crippen LogP contribution is 2.31. The zero-order chi connectivity index (χ0) is 17.2. The SMILES string of the molecule is CO[C@@H](c1ccccc1)c1nc(-c2c(C)ncc3c2CCNC3)no1. The number of aromatic nitrogens is 3. The summed E-state index contributed by atoms with van der Waals surface area (Å²) in [5.41, 5.74) is 5.34. The molecule has 2 aromatic heterocycles. The fraction of sp³-hybridized carbons (Fsp3) is 0.316. The maximum absolute atomic E-state index is 5.59. The summed E-state index contributed by atoms with van der Waals surface area (Å²) in [5, 5.41) is 7.59. The van der Waals surface area contributed by atoms with Crippen molar-refractivity contribution in [2.24, 2.45) is 0 Å². The molecular weight excluding hydrogens is 316 g/mol. The molecule has 0 saturated heterocycles. The van der Waals surface area contributed by atoms with Gasteiger partial charge in [0.15, 0.2) is 6.10 Å². The number of nitrogens with zero attached hydrogens (tertiary/aromatic N) is 3. The lowest BCUT2D eigenvalue weighted by Gasteiger charge is -2.19. The van der Waals surface area contributed by atoms with Crippen molar-refractivity contribution in [1.29, 1.82) is 0 Å². The molecule has 1 atom stereocenters. The maximum Gasteiger partial charge on any atom is 0.260 e. The first-order valence-electron chi connectivity index (χ1n) is 8.37. The van der Waals surface area contributed by atoms with E-state index in [1.165, 1.54) is 11.1 Å².